The first kappa shape index (κ1) is 16.5. The molecule has 0 amide bonds. The van der Waals surface area contributed by atoms with Gasteiger partial charge in [0.2, 0.25) is 0 Å². The number of nitrogens with zero attached hydrogens (tertiary/aromatic N) is 3. The zero-order valence-electron chi connectivity index (χ0n) is 14.6. The molecule has 1 aliphatic carbocycles. The van der Waals surface area contributed by atoms with Gasteiger partial charge in [-0.05, 0) is 63.8 Å². The minimum atomic E-state index is 0.197. The molecule has 2 unspecified atom stereocenters. The Hall–Kier alpha value is -0.900. The second kappa shape index (κ2) is 6.07. The average molecular weight is 292 g/mol. The Labute approximate surface area is 129 Å². The third-order valence-electron chi connectivity index (χ3n) is 4.82. The molecule has 1 N–H and O–H groups in total. The topological polar surface area (TPSA) is 42.7 Å². The molecule has 4 nitrogen and oxygen atoms in total. The van der Waals surface area contributed by atoms with E-state index in [1.807, 2.05) is 11.7 Å². The van der Waals surface area contributed by atoms with Gasteiger partial charge < -0.3 is 5.32 Å². The molecule has 2 rings (SSSR count). The molecule has 4 heteroatoms. The van der Waals surface area contributed by atoms with Gasteiger partial charge in [-0.25, -0.2) is 4.98 Å². The molecule has 21 heavy (non-hydrogen) atoms. The highest BCUT2D eigenvalue weighted by Gasteiger charge is 2.35. The van der Waals surface area contributed by atoms with E-state index in [2.05, 4.69) is 50.0 Å². The summed E-state index contributed by atoms with van der Waals surface area (Å²) in [5.41, 5.74) is 0.657. The molecule has 2 atom stereocenters. The van der Waals surface area contributed by atoms with E-state index in [0.29, 0.717) is 11.3 Å². The van der Waals surface area contributed by atoms with Gasteiger partial charge in [0, 0.05) is 19.0 Å². The SMILES string of the molecule is Cn1ncnc1CC1CC(C)(C)CCC1CNC(C)(C)C. The molecule has 1 fully saturated rings. The molecular weight excluding hydrogens is 260 g/mol. The van der Waals surface area contributed by atoms with Crippen molar-refractivity contribution >= 4 is 0 Å². The molecule has 120 valence electrons. The highest BCUT2D eigenvalue weighted by Crippen LogP contribution is 2.42. The summed E-state index contributed by atoms with van der Waals surface area (Å²) in [6.07, 6.45) is 6.66. The zero-order valence-corrected chi connectivity index (χ0v) is 14.6. The van der Waals surface area contributed by atoms with Crippen molar-refractivity contribution < 1.29 is 0 Å². The molecule has 1 heterocycles. The van der Waals surface area contributed by atoms with E-state index in [4.69, 9.17) is 0 Å². The average Bonchev–Trinajstić information content (AvgIpc) is 2.72. The zero-order chi connectivity index (χ0) is 15.7. The number of hydrogen-bond acceptors (Lipinski definition) is 3. The standard InChI is InChI=1S/C17H32N4/c1-16(2,3)19-11-13-7-8-17(4,5)10-14(13)9-15-18-12-20-21(15)6/h12-14,19H,7-11H2,1-6H3. The van der Waals surface area contributed by atoms with Crippen molar-refractivity contribution in [3.05, 3.63) is 12.2 Å². The predicted molar refractivity (Wildman–Crippen MR) is 87.1 cm³/mol. The summed E-state index contributed by atoms with van der Waals surface area (Å²) in [7, 11) is 2.00. The van der Waals surface area contributed by atoms with E-state index in [1.54, 1.807) is 6.33 Å². The lowest BCUT2D eigenvalue weighted by molar-refractivity contribution is 0.109. The van der Waals surface area contributed by atoms with Crippen LogP contribution in [-0.2, 0) is 13.5 Å². The summed E-state index contributed by atoms with van der Waals surface area (Å²) in [4.78, 5) is 4.43. The lowest BCUT2D eigenvalue weighted by Crippen LogP contribution is -2.43. The second-order valence-corrected chi connectivity index (χ2v) is 8.56. The maximum atomic E-state index is 4.43. The molecule has 1 saturated carbocycles. The van der Waals surface area contributed by atoms with Crippen LogP contribution in [0.5, 0.6) is 0 Å². The summed E-state index contributed by atoms with van der Waals surface area (Å²) in [6, 6.07) is 0. The molecule has 0 aliphatic heterocycles. The number of rotatable bonds is 4. The Morgan fingerprint density at radius 2 is 2.05 bits per heavy atom. The van der Waals surface area contributed by atoms with Crippen molar-refractivity contribution in [2.45, 2.75) is 65.8 Å². The van der Waals surface area contributed by atoms with Crippen LogP contribution in [0.2, 0.25) is 0 Å². The fourth-order valence-electron chi connectivity index (χ4n) is 3.47. The number of aromatic nitrogens is 3. The van der Waals surface area contributed by atoms with Gasteiger partial charge in [0.05, 0.1) is 0 Å². The highest BCUT2D eigenvalue weighted by atomic mass is 15.3. The van der Waals surface area contributed by atoms with Gasteiger partial charge in [0.1, 0.15) is 12.2 Å². The van der Waals surface area contributed by atoms with Crippen molar-refractivity contribution in [2.24, 2.45) is 24.3 Å². The summed E-state index contributed by atoms with van der Waals surface area (Å²) in [5.74, 6) is 2.57. The lowest BCUT2D eigenvalue weighted by atomic mass is 9.66. The maximum absolute atomic E-state index is 4.43. The van der Waals surface area contributed by atoms with Crippen LogP contribution in [0.25, 0.3) is 0 Å². The molecule has 0 bridgehead atoms. The molecule has 1 aromatic rings. The minimum absolute atomic E-state index is 0.197. The summed E-state index contributed by atoms with van der Waals surface area (Å²) >= 11 is 0. The van der Waals surface area contributed by atoms with Gasteiger partial charge >= 0.3 is 0 Å². The highest BCUT2D eigenvalue weighted by molar-refractivity contribution is 4.94. The van der Waals surface area contributed by atoms with Crippen LogP contribution in [0.15, 0.2) is 6.33 Å². The van der Waals surface area contributed by atoms with Crippen molar-refractivity contribution in [2.75, 3.05) is 6.54 Å². The Morgan fingerprint density at radius 3 is 2.62 bits per heavy atom. The van der Waals surface area contributed by atoms with E-state index in [9.17, 15) is 0 Å². The van der Waals surface area contributed by atoms with Crippen LogP contribution in [0.1, 0.15) is 59.7 Å². The molecule has 0 aromatic carbocycles. The van der Waals surface area contributed by atoms with Crippen LogP contribution in [0.4, 0.5) is 0 Å². The number of aryl methyl sites for hydroxylation is 1. The quantitative estimate of drug-likeness (QED) is 0.927. The molecule has 1 aromatic heterocycles. The molecule has 1 aliphatic rings. The maximum Gasteiger partial charge on any atom is 0.138 e. The Balaban J connectivity index is 2.05. The molecule has 0 radical (unpaired) electrons. The van der Waals surface area contributed by atoms with E-state index in [0.717, 1.165) is 24.7 Å². The summed E-state index contributed by atoms with van der Waals surface area (Å²) in [5, 5.41) is 7.92. The minimum Gasteiger partial charge on any atom is -0.312 e. The van der Waals surface area contributed by atoms with E-state index < -0.39 is 0 Å². The van der Waals surface area contributed by atoms with Gasteiger partial charge in [-0.3, -0.25) is 4.68 Å². The Bertz CT molecular complexity index is 456. The molecule has 0 spiro atoms. The Kier molecular flexibility index (Phi) is 4.76. The monoisotopic (exact) mass is 292 g/mol. The van der Waals surface area contributed by atoms with Crippen LogP contribution in [0.3, 0.4) is 0 Å². The third-order valence-corrected chi connectivity index (χ3v) is 4.82. The van der Waals surface area contributed by atoms with E-state index in [-0.39, 0.29) is 5.54 Å². The lowest BCUT2D eigenvalue weighted by Gasteiger charge is -2.41. The summed E-state index contributed by atoms with van der Waals surface area (Å²) < 4.78 is 1.93. The Morgan fingerprint density at radius 1 is 1.33 bits per heavy atom. The van der Waals surface area contributed by atoms with Crippen molar-refractivity contribution in [1.82, 2.24) is 20.1 Å². The predicted octanol–water partition coefficient (Wildman–Crippen LogP) is 3.19. The molecule has 0 saturated heterocycles. The van der Waals surface area contributed by atoms with Crippen LogP contribution < -0.4 is 5.32 Å². The normalized spacial score (nSPS) is 26.0. The van der Waals surface area contributed by atoms with E-state index in [1.165, 1.54) is 19.3 Å². The number of nitrogens with one attached hydrogen (secondary N) is 1. The van der Waals surface area contributed by atoms with Gasteiger partial charge in [0.15, 0.2) is 0 Å². The third kappa shape index (κ3) is 4.80. The fraction of sp³-hybridized carbons (Fsp3) is 0.882. The van der Waals surface area contributed by atoms with Crippen molar-refractivity contribution in [1.29, 1.82) is 0 Å². The van der Waals surface area contributed by atoms with Gasteiger partial charge in [0.25, 0.3) is 0 Å². The largest absolute Gasteiger partial charge is 0.312 e. The first-order chi connectivity index (χ1) is 9.66. The van der Waals surface area contributed by atoms with Gasteiger partial charge in [-0.1, -0.05) is 13.8 Å². The smallest absolute Gasteiger partial charge is 0.138 e. The van der Waals surface area contributed by atoms with Crippen LogP contribution in [0, 0.1) is 17.3 Å². The van der Waals surface area contributed by atoms with Crippen molar-refractivity contribution in [3.63, 3.8) is 0 Å². The first-order valence-electron chi connectivity index (χ1n) is 8.24. The fourth-order valence-corrected chi connectivity index (χ4v) is 3.47. The first-order valence-corrected chi connectivity index (χ1v) is 8.24. The van der Waals surface area contributed by atoms with Crippen LogP contribution >= 0.6 is 0 Å². The van der Waals surface area contributed by atoms with Crippen molar-refractivity contribution in [3.8, 4) is 0 Å². The van der Waals surface area contributed by atoms with E-state index >= 15 is 0 Å². The summed E-state index contributed by atoms with van der Waals surface area (Å²) in [6.45, 7) is 12.7. The van der Waals surface area contributed by atoms with Gasteiger partial charge in [-0.15, -0.1) is 0 Å². The number of hydrogen-bond donors (Lipinski definition) is 1. The van der Waals surface area contributed by atoms with Crippen LogP contribution in [-0.4, -0.2) is 26.8 Å². The molecular formula is C17H32N4. The van der Waals surface area contributed by atoms with Gasteiger partial charge in [-0.2, -0.15) is 5.10 Å². The second-order valence-electron chi connectivity index (χ2n) is 8.56.